The zero-order valence-electron chi connectivity index (χ0n) is 22.8. The summed E-state index contributed by atoms with van der Waals surface area (Å²) >= 11 is 6.02. The van der Waals surface area contributed by atoms with E-state index in [4.69, 9.17) is 20.8 Å². The van der Waals surface area contributed by atoms with Gasteiger partial charge < -0.3 is 9.15 Å². The van der Waals surface area contributed by atoms with E-state index in [1.807, 2.05) is 37.3 Å². The van der Waals surface area contributed by atoms with Crippen LogP contribution in [0.2, 0.25) is 5.02 Å². The molecule has 1 aliphatic rings. The molecule has 4 aromatic rings. The Morgan fingerprint density at radius 1 is 1.05 bits per heavy atom. The van der Waals surface area contributed by atoms with Crippen molar-refractivity contribution in [2.24, 2.45) is 0 Å². The van der Waals surface area contributed by atoms with Crippen LogP contribution in [-0.2, 0) is 23.0 Å². The van der Waals surface area contributed by atoms with Crippen LogP contribution in [-0.4, -0.2) is 60.6 Å². The monoisotopic (exact) mass is 583 g/mol. The smallest absolute Gasteiger partial charge is 0.246 e. The summed E-state index contributed by atoms with van der Waals surface area (Å²) in [5.74, 6) is 1.59. The van der Waals surface area contributed by atoms with Gasteiger partial charge >= 0.3 is 0 Å². The molecule has 9 nitrogen and oxygen atoms in total. The summed E-state index contributed by atoms with van der Waals surface area (Å²) in [5, 5.41) is 9.53. The van der Waals surface area contributed by atoms with Gasteiger partial charge in [-0.25, -0.2) is 12.7 Å². The van der Waals surface area contributed by atoms with Crippen molar-refractivity contribution in [3.8, 4) is 23.0 Å². The van der Waals surface area contributed by atoms with E-state index in [9.17, 15) is 8.42 Å². The second-order valence-corrected chi connectivity index (χ2v) is 12.3. The maximum absolute atomic E-state index is 13.9. The Morgan fingerprint density at radius 2 is 1.82 bits per heavy atom. The van der Waals surface area contributed by atoms with Crippen molar-refractivity contribution >= 4 is 27.6 Å². The van der Waals surface area contributed by atoms with Crippen LogP contribution < -0.4 is 9.04 Å². The number of halogens is 1. The number of methoxy groups -OCH3 is 1. The number of nitrogens with zero attached hydrogens (tertiary/aromatic N) is 5. The fourth-order valence-corrected chi connectivity index (χ4v) is 6.75. The van der Waals surface area contributed by atoms with E-state index in [1.165, 1.54) is 4.31 Å². The highest BCUT2D eigenvalue weighted by Gasteiger charge is 2.32. The normalized spacial score (nSPS) is 14.1. The van der Waals surface area contributed by atoms with Crippen LogP contribution in [0.25, 0.3) is 17.3 Å². The first-order valence-electron chi connectivity index (χ1n) is 13.5. The van der Waals surface area contributed by atoms with Gasteiger partial charge in [0, 0.05) is 18.1 Å². The molecule has 0 bridgehead atoms. The summed E-state index contributed by atoms with van der Waals surface area (Å²) in [6.07, 6.45) is 4.81. The fraction of sp³-hybridized carbons (Fsp3) is 0.379. The second kappa shape index (κ2) is 12.4. The SMILES string of the molecule is CCCN(c1nnc(-c2ccco2)n1-c1c(CN2CCCC2)cccc1OC)S(=O)(=O)CCc1ccc(Cl)cc1. The van der Waals surface area contributed by atoms with E-state index in [-0.39, 0.29) is 18.2 Å². The van der Waals surface area contributed by atoms with Gasteiger partial charge in [-0.3, -0.25) is 9.47 Å². The first-order chi connectivity index (χ1) is 19.4. The largest absolute Gasteiger partial charge is 0.495 e. The van der Waals surface area contributed by atoms with Crippen LogP contribution in [0.5, 0.6) is 5.75 Å². The van der Waals surface area contributed by atoms with Crippen LogP contribution in [0, 0.1) is 0 Å². The number of likely N-dealkylation sites (tertiary alicyclic amines) is 1. The Kier molecular flexibility index (Phi) is 8.78. The first-order valence-corrected chi connectivity index (χ1v) is 15.5. The molecule has 1 fully saturated rings. The summed E-state index contributed by atoms with van der Waals surface area (Å²) in [6.45, 7) is 4.90. The van der Waals surface area contributed by atoms with Crippen LogP contribution in [0.1, 0.15) is 37.3 Å². The molecule has 2 aromatic carbocycles. The van der Waals surface area contributed by atoms with E-state index in [1.54, 1.807) is 42.2 Å². The van der Waals surface area contributed by atoms with Crippen molar-refractivity contribution in [2.45, 2.75) is 39.2 Å². The molecule has 1 aliphatic heterocycles. The van der Waals surface area contributed by atoms with E-state index < -0.39 is 10.0 Å². The van der Waals surface area contributed by atoms with Gasteiger partial charge in [0.2, 0.25) is 21.8 Å². The predicted octanol–water partition coefficient (Wildman–Crippen LogP) is 5.57. The molecule has 2 aromatic heterocycles. The fourth-order valence-electron chi connectivity index (χ4n) is 5.08. The average molecular weight is 584 g/mol. The van der Waals surface area contributed by atoms with Gasteiger partial charge in [0.05, 0.1) is 24.8 Å². The molecule has 0 spiro atoms. The maximum Gasteiger partial charge on any atom is 0.246 e. The van der Waals surface area contributed by atoms with E-state index in [2.05, 4.69) is 15.1 Å². The third-order valence-electron chi connectivity index (χ3n) is 7.05. The Morgan fingerprint density at radius 3 is 2.50 bits per heavy atom. The Labute approximate surface area is 240 Å². The number of ether oxygens (including phenoxy) is 1. The number of para-hydroxylation sites is 1. The van der Waals surface area contributed by atoms with Gasteiger partial charge in [0.25, 0.3) is 0 Å². The molecule has 40 heavy (non-hydrogen) atoms. The van der Waals surface area contributed by atoms with E-state index in [0.29, 0.717) is 47.4 Å². The first kappa shape index (κ1) is 28.2. The molecular formula is C29H34ClN5O4S. The molecule has 11 heteroatoms. The maximum atomic E-state index is 13.9. The molecule has 5 rings (SSSR count). The number of benzene rings is 2. The van der Waals surface area contributed by atoms with Crippen molar-refractivity contribution in [1.82, 2.24) is 19.7 Å². The molecule has 0 amide bonds. The second-order valence-electron chi connectivity index (χ2n) is 9.85. The highest BCUT2D eigenvalue weighted by Crippen LogP contribution is 2.36. The molecule has 212 valence electrons. The third-order valence-corrected chi connectivity index (χ3v) is 9.04. The van der Waals surface area contributed by atoms with Gasteiger partial charge in [0.1, 0.15) is 5.75 Å². The molecule has 0 N–H and O–H groups in total. The summed E-state index contributed by atoms with van der Waals surface area (Å²) in [6, 6.07) is 16.7. The highest BCUT2D eigenvalue weighted by molar-refractivity contribution is 7.92. The van der Waals surface area contributed by atoms with Crippen molar-refractivity contribution in [1.29, 1.82) is 0 Å². The summed E-state index contributed by atoms with van der Waals surface area (Å²) in [7, 11) is -2.18. The average Bonchev–Trinajstić information content (AvgIpc) is 3.74. The van der Waals surface area contributed by atoms with Crippen LogP contribution in [0.3, 0.4) is 0 Å². The highest BCUT2D eigenvalue weighted by atomic mass is 35.5. The molecule has 0 aliphatic carbocycles. The van der Waals surface area contributed by atoms with Crippen LogP contribution in [0.4, 0.5) is 5.95 Å². The standard InChI is InChI=1S/C29H34ClN5O4S/c1-3-16-34(40(36,37)20-15-22-11-13-24(30)14-12-22)29-32-31-28(26-10-7-19-39-26)35(29)27-23(8-6-9-25(27)38-2)21-33-17-4-5-18-33/h6-14,19H,3-5,15-18,20-21H2,1-2H3. The van der Waals surface area contributed by atoms with Crippen molar-refractivity contribution < 1.29 is 17.6 Å². The minimum atomic E-state index is -3.79. The number of aryl methyl sites for hydroxylation is 1. The minimum absolute atomic E-state index is 0.0931. The summed E-state index contributed by atoms with van der Waals surface area (Å²) in [4.78, 5) is 2.39. The Balaban J connectivity index is 1.62. The number of hydrogen-bond acceptors (Lipinski definition) is 7. The number of aromatic nitrogens is 3. The van der Waals surface area contributed by atoms with Gasteiger partial charge in [-0.05, 0) is 80.2 Å². The Hall–Kier alpha value is -3.34. The van der Waals surface area contributed by atoms with Crippen LogP contribution >= 0.6 is 11.6 Å². The Bertz CT molecular complexity index is 1510. The van der Waals surface area contributed by atoms with E-state index in [0.717, 1.165) is 37.1 Å². The van der Waals surface area contributed by atoms with Crippen molar-refractivity contribution in [3.63, 3.8) is 0 Å². The van der Waals surface area contributed by atoms with Gasteiger partial charge in [0.15, 0.2) is 5.76 Å². The van der Waals surface area contributed by atoms with Crippen LogP contribution in [0.15, 0.2) is 65.3 Å². The molecule has 0 unspecified atom stereocenters. The quantitative estimate of drug-likeness (QED) is 0.215. The lowest BCUT2D eigenvalue weighted by Gasteiger charge is -2.26. The molecular weight excluding hydrogens is 550 g/mol. The van der Waals surface area contributed by atoms with E-state index >= 15 is 0 Å². The lowest BCUT2D eigenvalue weighted by Crippen LogP contribution is -2.36. The number of furan rings is 1. The van der Waals surface area contributed by atoms with Crippen molar-refractivity contribution in [3.05, 3.63) is 77.0 Å². The third kappa shape index (κ3) is 6.04. The lowest BCUT2D eigenvalue weighted by atomic mass is 10.1. The summed E-state index contributed by atoms with van der Waals surface area (Å²) in [5.41, 5.74) is 2.59. The topological polar surface area (TPSA) is 93.7 Å². The number of sulfonamides is 1. The lowest BCUT2D eigenvalue weighted by molar-refractivity contribution is 0.330. The molecule has 0 radical (unpaired) electrons. The molecule has 3 heterocycles. The predicted molar refractivity (Wildman–Crippen MR) is 157 cm³/mol. The zero-order chi connectivity index (χ0) is 28.1. The molecule has 1 saturated heterocycles. The van der Waals surface area contributed by atoms with Gasteiger partial charge in [-0.1, -0.05) is 42.8 Å². The number of anilines is 1. The summed E-state index contributed by atoms with van der Waals surface area (Å²) < 4.78 is 42.5. The number of rotatable bonds is 12. The molecule has 0 saturated carbocycles. The van der Waals surface area contributed by atoms with Crippen molar-refractivity contribution in [2.75, 3.05) is 36.8 Å². The number of hydrogen-bond donors (Lipinski definition) is 0. The van der Waals surface area contributed by atoms with Gasteiger partial charge in [-0.15, -0.1) is 10.2 Å². The minimum Gasteiger partial charge on any atom is -0.495 e. The van der Waals surface area contributed by atoms with Gasteiger partial charge in [-0.2, -0.15) is 0 Å². The zero-order valence-corrected chi connectivity index (χ0v) is 24.4. The molecule has 0 atom stereocenters.